The molecule has 0 unspecified atom stereocenters. The Hall–Kier alpha value is -2.04. The first-order valence-electron chi connectivity index (χ1n) is 6.32. The van der Waals surface area contributed by atoms with E-state index in [0.717, 1.165) is 11.1 Å². The van der Waals surface area contributed by atoms with Gasteiger partial charge in [0.2, 0.25) is 0 Å². The van der Waals surface area contributed by atoms with Gasteiger partial charge in [-0.2, -0.15) is 5.10 Å². The number of anilines is 1. The number of rotatable bonds is 3. The standard InChI is InChI=1S/C15H12Cl2N4/c16-13-2-1-3-14(17)12(13)8-21-9-19-15(20-21)10-4-6-11(18)7-5-10/h1-7,9H,8,18H2. The van der Waals surface area contributed by atoms with Gasteiger partial charge in [0.1, 0.15) is 6.33 Å². The number of aromatic nitrogens is 3. The minimum absolute atomic E-state index is 0.473. The summed E-state index contributed by atoms with van der Waals surface area (Å²) in [5.74, 6) is 0.637. The van der Waals surface area contributed by atoms with Crippen molar-refractivity contribution in [2.45, 2.75) is 6.54 Å². The van der Waals surface area contributed by atoms with E-state index in [1.54, 1.807) is 23.1 Å². The fourth-order valence-electron chi connectivity index (χ4n) is 1.98. The van der Waals surface area contributed by atoms with Crippen molar-refractivity contribution in [2.75, 3.05) is 5.73 Å². The van der Waals surface area contributed by atoms with Crippen LogP contribution in [0.25, 0.3) is 11.4 Å². The molecule has 2 aromatic carbocycles. The summed E-state index contributed by atoms with van der Waals surface area (Å²) in [7, 11) is 0. The predicted octanol–water partition coefficient (Wildman–Crippen LogP) is 3.88. The molecule has 0 radical (unpaired) electrons. The van der Waals surface area contributed by atoms with Crippen LogP contribution in [0.5, 0.6) is 0 Å². The van der Waals surface area contributed by atoms with E-state index in [4.69, 9.17) is 28.9 Å². The smallest absolute Gasteiger partial charge is 0.181 e. The average Bonchev–Trinajstić information content (AvgIpc) is 2.92. The molecular weight excluding hydrogens is 307 g/mol. The second-order valence-electron chi connectivity index (χ2n) is 4.59. The van der Waals surface area contributed by atoms with Gasteiger partial charge in [-0.1, -0.05) is 29.3 Å². The molecule has 1 heterocycles. The van der Waals surface area contributed by atoms with E-state index in [9.17, 15) is 0 Å². The summed E-state index contributed by atoms with van der Waals surface area (Å²) in [6.07, 6.45) is 1.66. The molecule has 3 rings (SSSR count). The molecule has 0 saturated carbocycles. The van der Waals surface area contributed by atoms with Crippen LogP contribution < -0.4 is 5.73 Å². The first-order valence-corrected chi connectivity index (χ1v) is 7.07. The van der Waals surface area contributed by atoms with Crippen LogP contribution in [0.2, 0.25) is 10.0 Å². The molecular formula is C15H12Cl2N4. The third-order valence-corrected chi connectivity index (χ3v) is 3.80. The number of nitrogens with zero attached hydrogens (tertiary/aromatic N) is 3. The van der Waals surface area contributed by atoms with Crippen molar-refractivity contribution in [2.24, 2.45) is 0 Å². The first-order chi connectivity index (χ1) is 10.1. The van der Waals surface area contributed by atoms with Crippen LogP contribution in [-0.2, 0) is 6.54 Å². The lowest BCUT2D eigenvalue weighted by Crippen LogP contribution is -2.02. The summed E-state index contributed by atoms with van der Waals surface area (Å²) >= 11 is 12.3. The minimum atomic E-state index is 0.473. The molecule has 0 atom stereocenters. The fourth-order valence-corrected chi connectivity index (χ4v) is 2.50. The van der Waals surface area contributed by atoms with E-state index in [1.807, 2.05) is 30.3 Å². The van der Waals surface area contributed by atoms with Gasteiger partial charge in [-0.25, -0.2) is 9.67 Å². The van der Waals surface area contributed by atoms with Gasteiger partial charge in [-0.15, -0.1) is 0 Å². The quantitative estimate of drug-likeness (QED) is 0.745. The maximum Gasteiger partial charge on any atom is 0.181 e. The van der Waals surface area contributed by atoms with Gasteiger partial charge >= 0.3 is 0 Å². The van der Waals surface area contributed by atoms with Crippen LogP contribution in [0.15, 0.2) is 48.8 Å². The van der Waals surface area contributed by atoms with Gasteiger partial charge in [-0.3, -0.25) is 0 Å². The van der Waals surface area contributed by atoms with Gasteiger partial charge in [0.25, 0.3) is 0 Å². The van der Waals surface area contributed by atoms with Crippen molar-refractivity contribution in [3.8, 4) is 11.4 Å². The summed E-state index contributed by atoms with van der Waals surface area (Å²) in [4.78, 5) is 4.30. The van der Waals surface area contributed by atoms with Gasteiger partial charge in [0.15, 0.2) is 5.82 Å². The van der Waals surface area contributed by atoms with E-state index in [-0.39, 0.29) is 0 Å². The highest BCUT2D eigenvalue weighted by Gasteiger charge is 2.09. The zero-order valence-corrected chi connectivity index (χ0v) is 12.5. The maximum absolute atomic E-state index is 6.16. The molecule has 0 bridgehead atoms. The summed E-state index contributed by atoms with van der Waals surface area (Å²) in [6.45, 7) is 0.473. The maximum atomic E-state index is 6.16. The molecule has 106 valence electrons. The molecule has 2 N–H and O–H groups in total. The molecule has 0 amide bonds. The first kappa shape index (κ1) is 13.9. The minimum Gasteiger partial charge on any atom is -0.399 e. The molecule has 0 spiro atoms. The highest BCUT2D eigenvalue weighted by Crippen LogP contribution is 2.25. The second-order valence-corrected chi connectivity index (χ2v) is 5.40. The zero-order chi connectivity index (χ0) is 14.8. The molecule has 0 fully saturated rings. The summed E-state index contributed by atoms with van der Waals surface area (Å²) in [5.41, 5.74) is 8.12. The molecule has 1 aromatic heterocycles. The molecule has 3 aromatic rings. The molecule has 0 aliphatic rings. The Balaban J connectivity index is 1.87. The van der Waals surface area contributed by atoms with Crippen molar-refractivity contribution >= 4 is 28.9 Å². The highest BCUT2D eigenvalue weighted by molar-refractivity contribution is 6.35. The topological polar surface area (TPSA) is 56.7 Å². The Morgan fingerprint density at radius 1 is 1.00 bits per heavy atom. The Morgan fingerprint density at radius 2 is 1.67 bits per heavy atom. The third-order valence-electron chi connectivity index (χ3n) is 3.09. The van der Waals surface area contributed by atoms with Crippen LogP contribution in [-0.4, -0.2) is 14.8 Å². The SMILES string of the molecule is Nc1ccc(-c2ncn(Cc3c(Cl)cccc3Cl)n2)cc1. The normalized spacial score (nSPS) is 10.8. The lowest BCUT2D eigenvalue weighted by atomic mass is 10.2. The van der Waals surface area contributed by atoms with E-state index in [2.05, 4.69) is 10.1 Å². The van der Waals surface area contributed by atoms with Crippen molar-refractivity contribution < 1.29 is 0 Å². The van der Waals surface area contributed by atoms with Crippen molar-refractivity contribution in [3.63, 3.8) is 0 Å². The average molecular weight is 319 g/mol. The third kappa shape index (κ3) is 3.01. The summed E-state index contributed by atoms with van der Waals surface area (Å²) in [6, 6.07) is 12.8. The monoisotopic (exact) mass is 318 g/mol. The summed E-state index contributed by atoms with van der Waals surface area (Å²) in [5, 5.41) is 5.67. The second kappa shape index (κ2) is 5.76. The Kier molecular flexibility index (Phi) is 3.82. The number of benzene rings is 2. The fraction of sp³-hybridized carbons (Fsp3) is 0.0667. The van der Waals surface area contributed by atoms with E-state index in [1.165, 1.54) is 0 Å². The Labute approximate surface area is 132 Å². The predicted molar refractivity (Wildman–Crippen MR) is 85.4 cm³/mol. The number of nitrogen functional groups attached to an aromatic ring is 1. The lowest BCUT2D eigenvalue weighted by molar-refractivity contribution is 0.687. The van der Waals surface area contributed by atoms with Crippen LogP contribution in [0.4, 0.5) is 5.69 Å². The van der Waals surface area contributed by atoms with Gasteiger partial charge in [-0.05, 0) is 36.4 Å². The number of halogens is 2. The lowest BCUT2D eigenvalue weighted by Gasteiger charge is -2.06. The molecule has 21 heavy (non-hydrogen) atoms. The van der Waals surface area contributed by atoms with E-state index in [0.29, 0.717) is 28.1 Å². The Morgan fingerprint density at radius 3 is 2.33 bits per heavy atom. The van der Waals surface area contributed by atoms with Crippen LogP contribution in [0, 0.1) is 0 Å². The van der Waals surface area contributed by atoms with Gasteiger partial charge < -0.3 is 5.73 Å². The Bertz CT molecular complexity index is 745. The van der Waals surface area contributed by atoms with Gasteiger partial charge in [0, 0.05) is 26.9 Å². The van der Waals surface area contributed by atoms with Crippen LogP contribution in [0.1, 0.15) is 5.56 Å². The molecule has 6 heteroatoms. The zero-order valence-electron chi connectivity index (χ0n) is 11.0. The van der Waals surface area contributed by atoms with Crippen molar-refractivity contribution in [1.29, 1.82) is 0 Å². The highest BCUT2D eigenvalue weighted by atomic mass is 35.5. The van der Waals surface area contributed by atoms with Crippen molar-refractivity contribution in [1.82, 2.24) is 14.8 Å². The molecule has 0 aliphatic heterocycles. The number of nitrogens with two attached hydrogens (primary N) is 1. The largest absolute Gasteiger partial charge is 0.399 e. The number of hydrogen-bond donors (Lipinski definition) is 1. The molecule has 0 saturated heterocycles. The molecule has 4 nitrogen and oxygen atoms in total. The summed E-state index contributed by atoms with van der Waals surface area (Å²) < 4.78 is 1.71. The van der Waals surface area contributed by atoms with Gasteiger partial charge in [0.05, 0.1) is 6.54 Å². The van der Waals surface area contributed by atoms with Crippen LogP contribution >= 0.6 is 23.2 Å². The van der Waals surface area contributed by atoms with E-state index >= 15 is 0 Å². The van der Waals surface area contributed by atoms with Crippen LogP contribution in [0.3, 0.4) is 0 Å². The number of hydrogen-bond acceptors (Lipinski definition) is 3. The molecule has 0 aliphatic carbocycles. The van der Waals surface area contributed by atoms with E-state index < -0.39 is 0 Å². The van der Waals surface area contributed by atoms with Crippen molar-refractivity contribution in [3.05, 3.63) is 64.4 Å².